The normalized spacial score (nSPS) is 15.6. The zero-order chi connectivity index (χ0) is 19.4. The van der Waals surface area contributed by atoms with Crippen molar-refractivity contribution in [3.05, 3.63) is 0 Å². The predicted molar refractivity (Wildman–Crippen MR) is 94.8 cm³/mol. The van der Waals surface area contributed by atoms with E-state index in [0.29, 0.717) is 12.5 Å². The van der Waals surface area contributed by atoms with Crippen molar-refractivity contribution >= 4 is 17.9 Å². The van der Waals surface area contributed by atoms with Crippen LogP contribution in [0.2, 0.25) is 0 Å². The number of rotatable bonds is 12. The zero-order valence-electron chi connectivity index (χ0n) is 16.5. The van der Waals surface area contributed by atoms with Crippen LogP contribution in [-0.4, -0.2) is 37.2 Å². The van der Waals surface area contributed by atoms with Crippen LogP contribution in [0, 0.1) is 17.8 Å². The van der Waals surface area contributed by atoms with Gasteiger partial charge in [-0.1, -0.05) is 27.2 Å². The highest BCUT2D eigenvalue weighted by Gasteiger charge is 2.28. The standard InChI is InChI=1S/C19H34O6/c1-13(9-7-8-10-23-16(4)20)11-14(2)19(25-18(6)22)15(3)12-24-17(5)21/h13-15,19H,7-12H2,1-6H3. The minimum atomic E-state index is -0.331. The van der Waals surface area contributed by atoms with Crippen LogP contribution >= 0.6 is 0 Å². The van der Waals surface area contributed by atoms with Gasteiger partial charge >= 0.3 is 17.9 Å². The van der Waals surface area contributed by atoms with Gasteiger partial charge in [-0.3, -0.25) is 14.4 Å². The highest BCUT2D eigenvalue weighted by molar-refractivity contribution is 5.66. The monoisotopic (exact) mass is 358 g/mol. The number of hydrogen-bond acceptors (Lipinski definition) is 6. The summed E-state index contributed by atoms with van der Waals surface area (Å²) in [6, 6.07) is 0. The van der Waals surface area contributed by atoms with Gasteiger partial charge in [0.25, 0.3) is 0 Å². The van der Waals surface area contributed by atoms with E-state index < -0.39 is 0 Å². The van der Waals surface area contributed by atoms with Gasteiger partial charge in [-0.2, -0.15) is 0 Å². The molecular formula is C19H34O6. The maximum atomic E-state index is 11.4. The fraction of sp³-hybridized carbons (Fsp3) is 0.842. The van der Waals surface area contributed by atoms with Crippen LogP contribution in [-0.2, 0) is 28.6 Å². The molecule has 0 bridgehead atoms. The molecule has 0 aromatic carbocycles. The Labute approximate surface area is 151 Å². The molecule has 0 aliphatic rings. The Hall–Kier alpha value is -1.59. The summed E-state index contributed by atoms with van der Waals surface area (Å²) in [5.41, 5.74) is 0. The van der Waals surface area contributed by atoms with Crippen molar-refractivity contribution < 1.29 is 28.6 Å². The summed E-state index contributed by atoms with van der Waals surface area (Å²) in [6.07, 6.45) is 3.50. The molecule has 0 amide bonds. The van der Waals surface area contributed by atoms with Gasteiger partial charge in [-0.15, -0.1) is 0 Å². The molecule has 146 valence electrons. The zero-order valence-corrected chi connectivity index (χ0v) is 16.5. The van der Waals surface area contributed by atoms with E-state index in [9.17, 15) is 14.4 Å². The third-order valence-corrected chi connectivity index (χ3v) is 4.14. The maximum Gasteiger partial charge on any atom is 0.302 e. The lowest BCUT2D eigenvalue weighted by atomic mass is 9.85. The van der Waals surface area contributed by atoms with Gasteiger partial charge in [-0.05, 0) is 31.1 Å². The quantitative estimate of drug-likeness (QED) is 0.302. The Morgan fingerprint density at radius 1 is 0.800 bits per heavy atom. The summed E-state index contributed by atoms with van der Waals surface area (Å²) >= 11 is 0. The molecule has 6 heteroatoms. The SMILES string of the molecule is CC(=O)OCCCCC(C)CC(C)C(OC(C)=O)C(C)COC(C)=O. The highest BCUT2D eigenvalue weighted by atomic mass is 16.6. The first-order valence-electron chi connectivity index (χ1n) is 9.07. The summed E-state index contributed by atoms with van der Waals surface area (Å²) in [4.78, 5) is 33.1. The molecule has 6 nitrogen and oxygen atoms in total. The van der Waals surface area contributed by atoms with E-state index in [4.69, 9.17) is 14.2 Å². The smallest absolute Gasteiger partial charge is 0.302 e. The van der Waals surface area contributed by atoms with E-state index in [1.165, 1.54) is 20.8 Å². The van der Waals surface area contributed by atoms with E-state index in [1.807, 2.05) is 6.92 Å². The molecule has 0 aliphatic heterocycles. The lowest BCUT2D eigenvalue weighted by Crippen LogP contribution is -2.34. The summed E-state index contributed by atoms with van der Waals surface area (Å²) in [6.45, 7) is 11.1. The van der Waals surface area contributed by atoms with Crippen LogP contribution in [0.3, 0.4) is 0 Å². The van der Waals surface area contributed by atoms with Crippen LogP contribution in [0.25, 0.3) is 0 Å². The average Bonchev–Trinajstić information content (AvgIpc) is 2.49. The van der Waals surface area contributed by atoms with Crippen LogP contribution in [0.4, 0.5) is 0 Å². The van der Waals surface area contributed by atoms with Crippen LogP contribution in [0.5, 0.6) is 0 Å². The Balaban J connectivity index is 4.38. The summed E-state index contributed by atoms with van der Waals surface area (Å²) in [5.74, 6) is -0.321. The molecule has 0 rings (SSSR count). The number of hydrogen-bond donors (Lipinski definition) is 0. The first-order chi connectivity index (χ1) is 11.6. The van der Waals surface area contributed by atoms with E-state index >= 15 is 0 Å². The first kappa shape index (κ1) is 23.4. The minimum Gasteiger partial charge on any atom is -0.466 e. The molecular weight excluding hydrogens is 324 g/mol. The molecule has 4 unspecified atom stereocenters. The second kappa shape index (κ2) is 12.7. The summed E-state index contributed by atoms with van der Waals surface area (Å²) in [7, 11) is 0. The molecule has 0 spiro atoms. The number of esters is 3. The van der Waals surface area contributed by atoms with Gasteiger partial charge in [0.05, 0.1) is 13.2 Å². The molecule has 0 fully saturated rings. The third-order valence-electron chi connectivity index (χ3n) is 4.14. The van der Waals surface area contributed by atoms with Gasteiger partial charge in [-0.25, -0.2) is 0 Å². The third kappa shape index (κ3) is 12.4. The molecule has 0 aliphatic carbocycles. The molecule has 4 atom stereocenters. The van der Waals surface area contributed by atoms with Crippen molar-refractivity contribution in [2.45, 2.75) is 73.3 Å². The van der Waals surface area contributed by atoms with Crippen molar-refractivity contribution in [3.63, 3.8) is 0 Å². The topological polar surface area (TPSA) is 78.9 Å². The van der Waals surface area contributed by atoms with Gasteiger partial charge in [0.2, 0.25) is 0 Å². The second-order valence-corrected chi connectivity index (χ2v) is 7.01. The van der Waals surface area contributed by atoms with Gasteiger partial charge in [0.15, 0.2) is 0 Å². The molecule has 25 heavy (non-hydrogen) atoms. The Bertz CT molecular complexity index is 420. The van der Waals surface area contributed by atoms with Crippen molar-refractivity contribution in [1.29, 1.82) is 0 Å². The lowest BCUT2D eigenvalue weighted by Gasteiger charge is -2.30. The molecule has 0 aromatic heterocycles. The molecule has 0 N–H and O–H groups in total. The first-order valence-corrected chi connectivity index (χ1v) is 9.07. The fourth-order valence-corrected chi connectivity index (χ4v) is 3.03. The number of ether oxygens (including phenoxy) is 3. The lowest BCUT2D eigenvalue weighted by molar-refractivity contribution is -0.156. The highest BCUT2D eigenvalue weighted by Crippen LogP contribution is 2.26. The van der Waals surface area contributed by atoms with E-state index in [0.717, 1.165) is 25.7 Å². The second-order valence-electron chi connectivity index (χ2n) is 7.01. The number of carbonyl (C=O) groups excluding carboxylic acids is 3. The molecule has 0 aromatic rings. The van der Waals surface area contributed by atoms with E-state index in [2.05, 4.69) is 13.8 Å². The summed E-state index contributed by atoms with van der Waals surface area (Å²) in [5, 5.41) is 0. The maximum absolute atomic E-state index is 11.4. The largest absolute Gasteiger partial charge is 0.466 e. The molecule has 0 saturated carbocycles. The Morgan fingerprint density at radius 2 is 1.40 bits per heavy atom. The van der Waals surface area contributed by atoms with Crippen molar-refractivity contribution in [3.8, 4) is 0 Å². The summed E-state index contributed by atoms with van der Waals surface area (Å²) < 4.78 is 15.5. The fourth-order valence-electron chi connectivity index (χ4n) is 3.03. The van der Waals surface area contributed by atoms with Crippen LogP contribution in [0.1, 0.15) is 67.2 Å². The van der Waals surface area contributed by atoms with Gasteiger partial charge in [0, 0.05) is 26.7 Å². The van der Waals surface area contributed by atoms with Crippen LogP contribution < -0.4 is 0 Å². The molecule has 0 heterocycles. The van der Waals surface area contributed by atoms with Crippen molar-refractivity contribution in [2.24, 2.45) is 17.8 Å². The molecule has 0 radical (unpaired) electrons. The van der Waals surface area contributed by atoms with Crippen molar-refractivity contribution in [1.82, 2.24) is 0 Å². The molecule has 0 saturated heterocycles. The minimum absolute atomic E-state index is 0.0565. The average molecular weight is 358 g/mol. The Morgan fingerprint density at radius 3 is 1.92 bits per heavy atom. The van der Waals surface area contributed by atoms with Gasteiger partial charge in [0.1, 0.15) is 6.10 Å². The van der Waals surface area contributed by atoms with E-state index in [1.54, 1.807) is 0 Å². The number of unbranched alkanes of at least 4 members (excludes halogenated alkanes) is 1. The number of carbonyl (C=O) groups is 3. The van der Waals surface area contributed by atoms with Crippen LogP contribution in [0.15, 0.2) is 0 Å². The van der Waals surface area contributed by atoms with E-state index in [-0.39, 0.29) is 42.5 Å². The predicted octanol–water partition coefficient (Wildman–Crippen LogP) is 3.51. The Kier molecular flexibility index (Phi) is 11.9. The van der Waals surface area contributed by atoms with Crippen molar-refractivity contribution in [2.75, 3.05) is 13.2 Å². The van der Waals surface area contributed by atoms with Gasteiger partial charge < -0.3 is 14.2 Å².